The van der Waals surface area contributed by atoms with Crippen LogP contribution in [0.15, 0.2) is 30.3 Å². The Balaban J connectivity index is 2.25. The number of amides is 1. The van der Waals surface area contributed by atoms with Gasteiger partial charge in [-0.1, -0.05) is 44.2 Å². The molecule has 0 aromatic heterocycles. The predicted octanol–water partition coefficient (Wildman–Crippen LogP) is 2.28. The molecule has 0 aliphatic carbocycles. The lowest BCUT2D eigenvalue weighted by Crippen LogP contribution is -2.28. The van der Waals surface area contributed by atoms with Crippen LogP contribution >= 0.6 is 0 Å². The van der Waals surface area contributed by atoms with Crippen LogP contribution in [0.25, 0.3) is 0 Å². The van der Waals surface area contributed by atoms with Crippen molar-refractivity contribution < 1.29 is 9.63 Å². The highest BCUT2D eigenvalue weighted by atomic mass is 16.6. The average Bonchev–Trinajstić information content (AvgIpc) is 2.29. The van der Waals surface area contributed by atoms with Gasteiger partial charge in [0.05, 0.1) is 6.61 Å². The molecule has 82 valence electrons. The van der Waals surface area contributed by atoms with Gasteiger partial charge in [0.2, 0.25) is 5.91 Å². The van der Waals surface area contributed by atoms with Crippen LogP contribution in [0.3, 0.4) is 0 Å². The molecule has 0 spiro atoms. The van der Waals surface area contributed by atoms with E-state index in [2.05, 4.69) is 5.48 Å². The average molecular weight is 207 g/mol. The lowest BCUT2D eigenvalue weighted by atomic mass is 10.1. The van der Waals surface area contributed by atoms with E-state index >= 15 is 0 Å². The Morgan fingerprint density at radius 3 is 2.67 bits per heavy atom. The fourth-order valence-corrected chi connectivity index (χ4v) is 1.05. The summed E-state index contributed by atoms with van der Waals surface area (Å²) in [7, 11) is 0. The molecule has 3 nitrogen and oxygen atoms in total. The summed E-state index contributed by atoms with van der Waals surface area (Å²) >= 11 is 0. The summed E-state index contributed by atoms with van der Waals surface area (Å²) in [5, 5.41) is 0. The minimum absolute atomic E-state index is 0.000716. The lowest BCUT2D eigenvalue weighted by molar-refractivity contribution is -0.138. The van der Waals surface area contributed by atoms with Gasteiger partial charge in [0.25, 0.3) is 0 Å². The first kappa shape index (κ1) is 11.7. The van der Waals surface area contributed by atoms with Crippen molar-refractivity contribution in [2.75, 3.05) is 0 Å². The highest BCUT2D eigenvalue weighted by molar-refractivity contribution is 5.77. The third-order valence-electron chi connectivity index (χ3n) is 2.31. The lowest BCUT2D eigenvalue weighted by Gasteiger charge is -2.09. The highest BCUT2D eigenvalue weighted by Crippen LogP contribution is 2.02. The molecule has 1 atom stereocenters. The van der Waals surface area contributed by atoms with E-state index in [0.29, 0.717) is 6.61 Å². The fraction of sp³-hybridized carbons (Fsp3) is 0.417. The first-order chi connectivity index (χ1) is 7.24. The smallest absolute Gasteiger partial charge is 0.246 e. The van der Waals surface area contributed by atoms with Crippen LogP contribution in [0.5, 0.6) is 0 Å². The molecular formula is C12H17NO2. The van der Waals surface area contributed by atoms with Gasteiger partial charge in [-0.05, 0) is 12.0 Å². The van der Waals surface area contributed by atoms with Gasteiger partial charge in [-0.25, -0.2) is 5.48 Å². The van der Waals surface area contributed by atoms with E-state index in [0.717, 1.165) is 12.0 Å². The minimum Gasteiger partial charge on any atom is -0.273 e. The molecule has 0 saturated carbocycles. The monoisotopic (exact) mass is 207 g/mol. The van der Waals surface area contributed by atoms with E-state index in [-0.39, 0.29) is 11.8 Å². The fourth-order valence-electron chi connectivity index (χ4n) is 1.05. The second-order valence-corrected chi connectivity index (χ2v) is 3.55. The number of carbonyl (C=O) groups excluding carboxylic acids is 1. The molecule has 1 rings (SSSR count). The van der Waals surface area contributed by atoms with Crippen LogP contribution in [-0.4, -0.2) is 5.91 Å². The van der Waals surface area contributed by atoms with Crippen molar-refractivity contribution in [2.24, 2.45) is 5.92 Å². The number of hydrogen-bond donors (Lipinski definition) is 1. The second kappa shape index (κ2) is 6.19. The molecule has 3 heteroatoms. The van der Waals surface area contributed by atoms with Gasteiger partial charge in [-0.2, -0.15) is 0 Å². The van der Waals surface area contributed by atoms with E-state index in [1.165, 1.54) is 0 Å². The first-order valence-corrected chi connectivity index (χ1v) is 5.19. The topological polar surface area (TPSA) is 38.3 Å². The molecule has 1 aromatic rings. The molecule has 1 amide bonds. The standard InChI is InChI=1S/C12H17NO2/c1-3-10(2)12(14)13-15-9-11-7-5-4-6-8-11/h4-8,10H,3,9H2,1-2H3,(H,13,14)/t10-/m1/s1. The van der Waals surface area contributed by atoms with Crippen molar-refractivity contribution in [1.29, 1.82) is 0 Å². The number of hydrogen-bond acceptors (Lipinski definition) is 2. The number of carbonyl (C=O) groups is 1. The SMILES string of the molecule is CC[C@@H](C)C(=O)NOCc1ccccc1. The number of hydroxylamine groups is 1. The zero-order chi connectivity index (χ0) is 11.1. The maximum absolute atomic E-state index is 11.3. The van der Waals surface area contributed by atoms with E-state index in [9.17, 15) is 4.79 Å². The summed E-state index contributed by atoms with van der Waals surface area (Å²) in [4.78, 5) is 16.4. The quantitative estimate of drug-likeness (QED) is 0.752. The van der Waals surface area contributed by atoms with Crippen LogP contribution in [0, 0.1) is 5.92 Å². The Morgan fingerprint density at radius 2 is 2.07 bits per heavy atom. The van der Waals surface area contributed by atoms with Crippen molar-refractivity contribution in [2.45, 2.75) is 26.9 Å². The molecule has 0 heterocycles. The van der Waals surface area contributed by atoms with Crippen LogP contribution in [0.4, 0.5) is 0 Å². The summed E-state index contributed by atoms with van der Waals surface area (Å²) in [5.74, 6) is -0.0609. The van der Waals surface area contributed by atoms with Gasteiger partial charge in [0.15, 0.2) is 0 Å². The van der Waals surface area contributed by atoms with Gasteiger partial charge in [-0.3, -0.25) is 9.63 Å². The summed E-state index contributed by atoms with van der Waals surface area (Å²) in [6.07, 6.45) is 0.820. The Morgan fingerprint density at radius 1 is 1.40 bits per heavy atom. The van der Waals surface area contributed by atoms with Crippen LogP contribution in [-0.2, 0) is 16.2 Å². The molecule has 15 heavy (non-hydrogen) atoms. The highest BCUT2D eigenvalue weighted by Gasteiger charge is 2.09. The predicted molar refractivity (Wildman–Crippen MR) is 58.8 cm³/mol. The first-order valence-electron chi connectivity index (χ1n) is 5.19. The molecule has 0 aliphatic rings. The van der Waals surface area contributed by atoms with Gasteiger partial charge in [0, 0.05) is 5.92 Å². The van der Waals surface area contributed by atoms with Crippen molar-refractivity contribution in [3.8, 4) is 0 Å². The molecule has 0 aliphatic heterocycles. The van der Waals surface area contributed by atoms with E-state index in [4.69, 9.17) is 4.84 Å². The summed E-state index contributed by atoms with van der Waals surface area (Å²) < 4.78 is 0. The summed E-state index contributed by atoms with van der Waals surface area (Å²) in [5.41, 5.74) is 3.49. The maximum atomic E-state index is 11.3. The number of nitrogens with one attached hydrogen (secondary N) is 1. The zero-order valence-electron chi connectivity index (χ0n) is 9.19. The van der Waals surface area contributed by atoms with Crippen molar-refractivity contribution in [1.82, 2.24) is 5.48 Å². The molecule has 1 N–H and O–H groups in total. The summed E-state index contributed by atoms with van der Waals surface area (Å²) in [6, 6.07) is 9.73. The molecule has 0 unspecified atom stereocenters. The minimum atomic E-state index is -0.0616. The van der Waals surface area contributed by atoms with E-state index in [1.54, 1.807) is 0 Å². The molecule has 0 radical (unpaired) electrons. The van der Waals surface area contributed by atoms with Crippen molar-refractivity contribution >= 4 is 5.91 Å². The molecule has 0 saturated heterocycles. The Hall–Kier alpha value is -1.35. The number of benzene rings is 1. The van der Waals surface area contributed by atoms with Crippen LogP contribution in [0.2, 0.25) is 0 Å². The van der Waals surface area contributed by atoms with Crippen LogP contribution < -0.4 is 5.48 Å². The second-order valence-electron chi connectivity index (χ2n) is 3.55. The van der Waals surface area contributed by atoms with E-state index < -0.39 is 0 Å². The maximum Gasteiger partial charge on any atom is 0.246 e. The zero-order valence-corrected chi connectivity index (χ0v) is 9.19. The third kappa shape index (κ3) is 4.13. The summed E-state index contributed by atoms with van der Waals surface area (Å²) in [6.45, 7) is 4.26. The Labute approximate surface area is 90.4 Å². The van der Waals surface area contributed by atoms with Crippen molar-refractivity contribution in [3.63, 3.8) is 0 Å². The van der Waals surface area contributed by atoms with Crippen molar-refractivity contribution in [3.05, 3.63) is 35.9 Å². The molecular weight excluding hydrogens is 190 g/mol. The molecule has 0 bridgehead atoms. The molecule has 1 aromatic carbocycles. The van der Waals surface area contributed by atoms with Gasteiger partial charge in [-0.15, -0.1) is 0 Å². The Kier molecular flexibility index (Phi) is 4.84. The molecule has 0 fully saturated rings. The largest absolute Gasteiger partial charge is 0.273 e. The normalized spacial score (nSPS) is 12.1. The van der Waals surface area contributed by atoms with Crippen LogP contribution in [0.1, 0.15) is 25.8 Å². The third-order valence-corrected chi connectivity index (χ3v) is 2.31. The van der Waals surface area contributed by atoms with Gasteiger partial charge >= 0.3 is 0 Å². The van der Waals surface area contributed by atoms with Gasteiger partial charge < -0.3 is 0 Å². The Bertz CT molecular complexity index is 298. The van der Waals surface area contributed by atoms with E-state index in [1.807, 2.05) is 44.2 Å². The number of rotatable bonds is 5. The van der Waals surface area contributed by atoms with Gasteiger partial charge in [0.1, 0.15) is 0 Å².